The second kappa shape index (κ2) is 8.93. The molecule has 6 heteroatoms. The molecule has 0 aromatic carbocycles. The fraction of sp³-hybridized carbons (Fsp3) is 0.682. The third-order valence-electron chi connectivity index (χ3n) is 6.46. The van der Waals surface area contributed by atoms with Gasteiger partial charge in [0, 0.05) is 32.1 Å². The van der Waals surface area contributed by atoms with Crippen molar-refractivity contribution in [2.75, 3.05) is 19.6 Å². The van der Waals surface area contributed by atoms with E-state index in [0.29, 0.717) is 31.1 Å². The number of rotatable bonds is 6. The Kier molecular flexibility index (Phi) is 6.13. The van der Waals surface area contributed by atoms with Crippen molar-refractivity contribution in [2.24, 2.45) is 5.92 Å². The monoisotopic (exact) mass is 385 g/mol. The molecule has 0 spiro atoms. The SMILES string of the molecule is O=C([C@@H]1C[C@H](Oc2cccnc2)CN1C(=O)CCC1CCCC1)N1CCCC1. The molecule has 1 aromatic rings. The molecule has 152 valence electrons. The highest BCUT2D eigenvalue weighted by atomic mass is 16.5. The van der Waals surface area contributed by atoms with Gasteiger partial charge >= 0.3 is 0 Å². The number of carbonyl (C=O) groups excluding carboxylic acids is 2. The molecular formula is C22H31N3O3. The van der Waals surface area contributed by atoms with E-state index in [4.69, 9.17) is 4.74 Å². The highest BCUT2D eigenvalue weighted by Gasteiger charge is 2.42. The summed E-state index contributed by atoms with van der Waals surface area (Å²) in [4.78, 5) is 33.9. The van der Waals surface area contributed by atoms with E-state index in [1.54, 1.807) is 17.3 Å². The molecule has 2 saturated heterocycles. The number of ether oxygens (including phenoxy) is 1. The number of amides is 2. The van der Waals surface area contributed by atoms with Crippen molar-refractivity contribution in [3.8, 4) is 5.75 Å². The van der Waals surface area contributed by atoms with Gasteiger partial charge in [0.25, 0.3) is 0 Å². The Morgan fingerprint density at radius 1 is 1.14 bits per heavy atom. The summed E-state index contributed by atoms with van der Waals surface area (Å²) in [5.74, 6) is 1.59. The van der Waals surface area contributed by atoms with Crippen LogP contribution in [0.5, 0.6) is 5.75 Å². The molecule has 6 nitrogen and oxygen atoms in total. The average molecular weight is 386 g/mol. The van der Waals surface area contributed by atoms with Crippen molar-refractivity contribution < 1.29 is 14.3 Å². The summed E-state index contributed by atoms with van der Waals surface area (Å²) < 4.78 is 6.05. The lowest BCUT2D eigenvalue weighted by Crippen LogP contribution is -2.47. The smallest absolute Gasteiger partial charge is 0.245 e. The minimum Gasteiger partial charge on any atom is -0.487 e. The number of nitrogens with zero attached hydrogens (tertiary/aromatic N) is 3. The second-order valence-electron chi connectivity index (χ2n) is 8.45. The maximum absolute atomic E-state index is 13.1. The van der Waals surface area contributed by atoms with Gasteiger partial charge in [-0.3, -0.25) is 14.6 Å². The molecule has 0 bridgehead atoms. The van der Waals surface area contributed by atoms with Crippen LogP contribution in [0, 0.1) is 5.92 Å². The number of likely N-dealkylation sites (tertiary alicyclic amines) is 2. The summed E-state index contributed by atoms with van der Waals surface area (Å²) in [5, 5.41) is 0. The number of hydrogen-bond donors (Lipinski definition) is 0. The minimum atomic E-state index is -0.379. The van der Waals surface area contributed by atoms with Gasteiger partial charge in [0.05, 0.1) is 12.7 Å². The molecule has 3 fully saturated rings. The molecule has 2 atom stereocenters. The van der Waals surface area contributed by atoms with Crippen molar-refractivity contribution in [3.05, 3.63) is 24.5 Å². The zero-order chi connectivity index (χ0) is 19.3. The van der Waals surface area contributed by atoms with Gasteiger partial charge in [-0.05, 0) is 37.3 Å². The highest BCUT2D eigenvalue weighted by molar-refractivity contribution is 5.88. The summed E-state index contributed by atoms with van der Waals surface area (Å²) in [5.41, 5.74) is 0. The number of pyridine rings is 1. The van der Waals surface area contributed by atoms with Crippen LogP contribution in [0.25, 0.3) is 0 Å². The minimum absolute atomic E-state index is 0.101. The average Bonchev–Trinajstić information content (AvgIpc) is 3.48. The van der Waals surface area contributed by atoms with Crippen LogP contribution in [0.4, 0.5) is 0 Å². The molecule has 1 aromatic heterocycles. The van der Waals surface area contributed by atoms with Crippen LogP contribution in [-0.2, 0) is 9.59 Å². The van der Waals surface area contributed by atoms with Crippen LogP contribution in [-0.4, -0.2) is 58.4 Å². The van der Waals surface area contributed by atoms with Crippen LogP contribution in [0.1, 0.15) is 57.8 Å². The Balaban J connectivity index is 1.42. The van der Waals surface area contributed by atoms with Gasteiger partial charge in [-0.25, -0.2) is 0 Å². The van der Waals surface area contributed by atoms with Gasteiger partial charge in [0.1, 0.15) is 17.9 Å². The van der Waals surface area contributed by atoms with Gasteiger partial charge in [-0.2, -0.15) is 0 Å². The molecule has 28 heavy (non-hydrogen) atoms. The van der Waals surface area contributed by atoms with Crippen molar-refractivity contribution in [3.63, 3.8) is 0 Å². The van der Waals surface area contributed by atoms with E-state index >= 15 is 0 Å². The highest BCUT2D eigenvalue weighted by Crippen LogP contribution is 2.30. The van der Waals surface area contributed by atoms with Crippen LogP contribution in [0.3, 0.4) is 0 Å². The second-order valence-corrected chi connectivity index (χ2v) is 8.45. The van der Waals surface area contributed by atoms with E-state index in [-0.39, 0.29) is 24.0 Å². The van der Waals surface area contributed by atoms with Crippen LogP contribution < -0.4 is 4.74 Å². The summed E-state index contributed by atoms with van der Waals surface area (Å²) in [6, 6.07) is 3.33. The lowest BCUT2D eigenvalue weighted by atomic mass is 10.0. The van der Waals surface area contributed by atoms with E-state index in [1.165, 1.54) is 25.7 Å². The standard InChI is InChI=1S/C22H31N3O3/c26-21(10-9-17-6-1-2-7-17)25-16-19(28-18-8-5-11-23-15-18)14-20(25)22(27)24-12-3-4-13-24/h5,8,11,15,17,19-20H,1-4,6-7,9-10,12-14,16H2/t19-,20-/m0/s1. The number of aromatic nitrogens is 1. The summed E-state index contributed by atoms with van der Waals surface area (Å²) >= 11 is 0. The van der Waals surface area contributed by atoms with Gasteiger partial charge in [0.15, 0.2) is 0 Å². The first-order valence-electron chi connectivity index (χ1n) is 10.9. The van der Waals surface area contributed by atoms with E-state index in [9.17, 15) is 9.59 Å². The first kappa shape index (κ1) is 19.2. The Morgan fingerprint density at radius 3 is 2.64 bits per heavy atom. The summed E-state index contributed by atoms with van der Waals surface area (Å²) in [6.07, 6.45) is 12.5. The van der Waals surface area contributed by atoms with E-state index in [1.807, 2.05) is 17.0 Å². The molecule has 2 aliphatic heterocycles. The van der Waals surface area contributed by atoms with Crippen LogP contribution >= 0.6 is 0 Å². The molecule has 0 unspecified atom stereocenters. The van der Waals surface area contributed by atoms with E-state index in [2.05, 4.69) is 4.98 Å². The van der Waals surface area contributed by atoms with Gasteiger partial charge in [-0.15, -0.1) is 0 Å². The van der Waals surface area contributed by atoms with Crippen LogP contribution in [0.2, 0.25) is 0 Å². The Hall–Kier alpha value is -2.11. The van der Waals surface area contributed by atoms with Crippen molar-refractivity contribution in [2.45, 2.75) is 69.9 Å². The third-order valence-corrected chi connectivity index (χ3v) is 6.46. The van der Waals surface area contributed by atoms with Gasteiger partial charge < -0.3 is 14.5 Å². The predicted molar refractivity (Wildman–Crippen MR) is 106 cm³/mol. The molecule has 2 amide bonds. The molecule has 0 N–H and O–H groups in total. The summed E-state index contributed by atoms with van der Waals surface area (Å²) in [7, 11) is 0. The first-order valence-corrected chi connectivity index (χ1v) is 10.9. The first-order chi connectivity index (χ1) is 13.7. The fourth-order valence-corrected chi connectivity index (χ4v) is 4.92. The van der Waals surface area contributed by atoms with Gasteiger partial charge in [0.2, 0.25) is 11.8 Å². The molecule has 0 radical (unpaired) electrons. The molecule has 3 heterocycles. The largest absolute Gasteiger partial charge is 0.487 e. The Bertz CT molecular complexity index is 669. The Labute approximate surface area is 167 Å². The number of carbonyl (C=O) groups is 2. The lowest BCUT2D eigenvalue weighted by Gasteiger charge is -2.27. The Morgan fingerprint density at radius 2 is 1.93 bits per heavy atom. The third kappa shape index (κ3) is 4.47. The van der Waals surface area contributed by atoms with E-state index < -0.39 is 0 Å². The maximum Gasteiger partial charge on any atom is 0.245 e. The number of hydrogen-bond acceptors (Lipinski definition) is 4. The molecule has 1 saturated carbocycles. The molecular weight excluding hydrogens is 354 g/mol. The molecule has 3 aliphatic rings. The van der Waals surface area contributed by atoms with Crippen LogP contribution in [0.15, 0.2) is 24.5 Å². The zero-order valence-electron chi connectivity index (χ0n) is 16.6. The molecule has 4 rings (SSSR count). The lowest BCUT2D eigenvalue weighted by molar-refractivity contribution is -0.143. The fourth-order valence-electron chi connectivity index (χ4n) is 4.92. The van der Waals surface area contributed by atoms with Gasteiger partial charge in [-0.1, -0.05) is 25.7 Å². The van der Waals surface area contributed by atoms with E-state index in [0.717, 1.165) is 32.4 Å². The quantitative estimate of drug-likeness (QED) is 0.755. The topological polar surface area (TPSA) is 62.7 Å². The normalized spacial score (nSPS) is 25.4. The van der Waals surface area contributed by atoms with Crippen molar-refractivity contribution >= 4 is 11.8 Å². The van der Waals surface area contributed by atoms with Crippen molar-refractivity contribution in [1.82, 2.24) is 14.8 Å². The zero-order valence-corrected chi connectivity index (χ0v) is 16.6. The molecule has 1 aliphatic carbocycles. The predicted octanol–water partition coefficient (Wildman–Crippen LogP) is 3.02. The van der Waals surface area contributed by atoms with Crippen molar-refractivity contribution in [1.29, 1.82) is 0 Å². The maximum atomic E-state index is 13.1. The summed E-state index contributed by atoms with van der Waals surface area (Å²) in [6.45, 7) is 2.11.